The first-order chi connectivity index (χ1) is 14.5. The van der Waals surface area contributed by atoms with Crippen LogP contribution in [0.2, 0.25) is 0 Å². The second-order valence-electron chi connectivity index (χ2n) is 6.34. The summed E-state index contributed by atoms with van der Waals surface area (Å²) in [5, 5.41) is 3.90. The van der Waals surface area contributed by atoms with Crippen LogP contribution in [0.5, 0.6) is 11.5 Å². The highest BCUT2D eigenvalue weighted by Crippen LogP contribution is 2.23. The zero-order valence-corrected chi connectivity index (χ0v) is 17.8. The zero-order valence-electron chi connectivity index (χ0n) is 16.2. The molecule has 0 atom stereocenters. The number of ether oxygens (including phenoxy) is 2. The minimum Gasteiger partial charge on any atom is -0.483 e. The Morgan fingerprint density at radius 2 is 1.70 bits per heavy atom. The number of hydrazone groups is 1. The molecule has 6 nitrogen and oxygen atoms in total. The Morgan fingerprint density at radius 3 is 2.40 bits per heavy atom. The molecule has 0 radical (unpaired) electrons. The van der Waals surface area contributed by atoms with Gasteiger partial charge in [-0.15, -0.1) is 0 Å². The van der Waals surface area contributed by atoms with E-state index >= 15 is 0 Å². The number of hydrogen-bond acceptors (Lipinski definition) is 5. The van der Waals surface area contributed by atoms with Gasteiger partial charge in [-0.2, -0.15) is 5.10 Å². The summed E-state index contributed by atoms with van der Waals surface area (Å²) in [6.07, 6.45) is 1.49. The molecule has 0 aliphatic heterocycles. The number of esters is 1. The topological polar surface area (TPSA) is 77.0 Å². The first-order valence-corrected chi connectivity index (χ1v) is 9.89. The first-order valence-electron chi connectivity index (χ1n) is 9.09. The van der Waals surface area contributed by atoms with E-state index in [2.05, 4.69) is 26.5 Å². The molecule has 3 rings (SSSR count). The van der Waals surface area contributed by atoms with Crippen molar-refractivity contribution in [3.63, 3.8) is 0 Å². The molecule has 0 aromatic heterocycles. The zero-order chi connectivity index (χ0) is 21.3. The Morgan fingerprint density at radius 1 is 1.00 bits per heavy atom. The smallest absolute Gasteiger partial charge is 0.343 e. The van der Waals surface area contributed by atoms with Crippen LogP contribution in [-0.2, 0) is 4.79 Å². The molecular formula is C23H19BrN2O4. The van der Waals surface area contributed by atoms with E-state index in [0.29, 0.717) is 17.1 Å². The molecule has 0 unspecified atom stereocenters. The fraction of sp³-hybridized carbons (Fsp3) is 0.0870. The Balaban J connectivity index is 1.47. The highest BCUT2D eigenvalue weighted by atomic mass is 79.9. The minimum absolute atomic E-state index is 0.159. The lowest BCUT2D eigenvalue weighted by Crippen LogP contribution is -2.24. The second kappa shape index (κ2) is 10.4. The highest BCUT2D eigenvalue weighted by Gasteiger charge is 2.08. The van der Waals surface area contributed by atoms with Gasteiger partial charge in [0.2, 0.25) is 0 Å². The Labute approximate surface area is 182 Å². The third kappa shape index (κ3) is 6.28. The number of benzene rings is 3. The van der Waals surface area contributed by atoms with Crippen LogP contribution in [0.25, 0.3) is 0 Å². The Hall–Kier alpha value is -3.45. The van der Waals surface area contributed by atoms with Crippen LogP contribution in [0.15, 0.2) is 82.4 Å². The van der Waals surface area contributed by atoms with Crippen LogP contribution in [0.3, 0.4) is 0 Å². The molecular weight excluding hydrogens is 448 g/mol. The maximum absolute atomic E-state index is 12.1. The number of hydrogen-bond donors (Lipinski definition) is 1. The largest absolute Gasteiger partial charge is 0.483 e. The number of carbonyl (C=O) groups excluding carboxylic acids is 2. The van der Waals surface area contributed by atoms with Gasteiger partial charge >= 0.3 is 5.97 Å². The predicted molar refractivity (Wildman–Crippen MR) is 118 cm³/mol. The van der Waals surface area contributed by atoms with Crippen molar-refractivity contribution in [3.8, 4) is 11.5 Å². The number of nitrogens with one attached hydrogen (secondary N) is 1. The summed E-state index contributed by atoms with van der Waals surface area (Å²) in [4.78, 5) is 24.0. The minimum atomic E-state index is -0.422. The lowest BCUT2D eigenvalue weighted by molar-refractivity contribution is -0.123. The molecule has 0 saturated heterocycles. The van der Waals surface area contributed by atoms with E-state index in [1.165, 1.54) is 6.21 Å². The maximum atomic E-state index is 12.1. The molecule has 1 amide bonds. The molecule has 7 heteroatoms. The number of rotatable bonds is 7. The van der Waals surface area contributed by atoms with Crippen molar-refractivity contribution >= 4 is 34.0 Å². The van der Waals surface area contributed by atoms with E-state index in [1.54, 1.807) is 42.5 Å². The summed E-state index contributed by atoms with van der Waals surface area (Å²) in [6, 6.07) is 21.2. The van der Waals surface area contributed by atoms with E-state index in [1.807, 2.05) is 37.3 Å². The van der Waals surface area contributed by atoms with Crippen LogP contribution in [0.1, 0.15) is 21.5 Å². The third-order valence-corrected chi connectivity index (χ3v) is 4.63. The van der Waals surface area contributed by atoms with Crippen LogP contribution < -0.4 is 14.9 Å². The maximum Gasteiger partial charge on any atom is 0.343 e. The van der Waals surface area contributed by atoms with Crippen molar-refractivity contribution in [1.82, 2.24) is 5.43 Å². The SMILES string of the molecule is Cc1ccc(C(=O)Oc2ccc(/C=N\NC(=O)COc3ccccc3Br)cc2)cc1. The van der Waals surface area contributed by atoms with Gasteiger partial charge in [0.25, 0.3) is 5.91 Å². The van der Waals surface area contributed by atoms with Gasteiger partial charge in [0, 0.05) is 0 Å². The van der Waals surface area contributed by atoms with E-state index in [9.17, 15) is 9.59 Å². The van der Waals surface area contributed by atoms with Crippen LogP contribution in [-0.4, -0.2) is 24.7 Å². The van der Waals surface area contributed by atoms with Gasteiger partial charge in [0.15, 0.2) is 6.61 Å². The predicted octanol–water partition coefficient (Wildman–Crippen LogP) is 4.51. The number of carbonyl (C=O) groups is 2. The molecule has 30 heavy (non-hydrogen) atoms. The molecule has 152 valence electrons. The fourth-order valence-electron chi connectivity index (χ4n) is 2.39. The van der Waals surface area contributed by atoms with Crippen LogP contribution >= 0.6 is 15.9 Å². The average Bonchev–Trinajstić information content (AvgIpc) is 2.75. The molecule has 0 aliphatic carbocycles. The van der Waals surface area contributed by atoms with Crippen molar-refractivity contribution < 1.29 is 19.1 Å². The molecule has 0 aliphatic rings. The molecule has 1 N–H and O–H groups in total. The van der Waals surface area contributed by atoms with Crippen LogP contribution in [0.4, 0.5) is 0 Å². The van der Waals surface area contributed by atoms with Crippen molar-refractivity contribution in [2.24, 2.45) is 5.10 Å². The summed E-state index contributed by atoms with van der Waals surface area (Å²) in [5.74, 6) is 0.190. The molecule has 3 aromatic rings. The molecule has 0 heterocycles. The van der Waals surface area contributed by atoms with Gasteiger partial charge in [-0.25, -0.2) is 10.2 Å². The Bertz CT molecular complexity index is 1050. The first kappa shape index (κ1) is 21.3. The summed E-state index contributed by atoms with van der Waals surface area (Å²) >= 11 is 3.35. The number of amides is 1. The lowest BCUT2D eigenvalue weighted by atomic mass is 10.1. The number of halogens is 1. The normalized spacial score (nSPS) is 10.6. The summed E-state index contributed by atoms with van der Waals surface area (Å²) in [6.45, 7) is 1.79. The lowest BCUT2D eigenvalue weighted by Gasteiger charge is -2.06. The van der Waals surface area contributed by atoms with Gasteiger partial charge in [0.1, 0.15) is 11.5 Å². The molecule has 0 spiro atoms. The summed E-state index contributed by atoms with van der Waals surface area (Å²) in [7, 11) is 0. The summed E-state index contributed by atoms with van der Waals surface area (Å²) < 4.78 is 11.5. The fourth-order valence-corrected chi connectivity index (χ4v) is 2.79. The monoisotopic (exact) mass is 466 g/mol. The van der Waals surface area contributed by atoms with Crippen molar-refractivity contribution in [3.05, 3.63) is 94.0 Å². The Kier molecular flexibility index (Phi) is 7.34. The van der Waals surface area contributed by atoms with Gasteiger partial charge in [-0.1, -0.05) is 29.8 Å². The number of para-hydroxylation sites is 1. The third-order valence-electron chi connectivity index (χ3n) is 3.98. The number of aryl methyl sites for hydroxylation is 1. The van der Waals surface area contributed by atoms with E-state index in [4.69, 9.17) is 9.47 Å². The molecule has 3 aromatic carbocycles. The molecule has 0 fully saturated rings. The van der Waals surface area contributed by atoms with Crippen molar-refractivity contribution in [2.75, 3.05) is 6.61 Å². The van der Waals surface area contributed by atoms with E-state index in [0.717, 1.165) is 15.6 Å². The van der Waals surface area contributed by atoms with E-state index < -0.39 is 5.97 Å². The number of nitrogens with zero attached hydrogens (tertiary/aromatic N) is 1. The van der Waals surface area contributed by atoms with Crippen molar-refractivity contribution in [1.29, 1.82) is 0 Å². The molecule has 0 saturated carbocycles. The second-order valence-corrected chi connectivity index (χ2v) is 7.19. The summed E-state index contributed by atoms with van der Waals surface area (Å²) in [5.41, 5.74) is 4.69. The molecule has 0 bridgehead atoms. The van der Waals surface area contributed by atoms with Gasteiger partial charge in [-0.05, 0) is 76.9 Å². The standard InChI is InChI=1S/C23H19BrN2O4/c1-16-6-10-18(11-7-16)23(28)30-19-12-8-17(9-13-19)14-25-26-22(27)15-29-21-5-3-2-4-20(21)24/h2-14H,15H2,1H3,(H,26,27)/b25-14-. The van der Waals surface area contributed by atoms with Crippen molar-refractivity contribution in [2.45, 2.75) is 6.92 Å². The quantitative estimate of drug-likeness (QED) is 0.240. The van der Waals surface area contributed by atoms with Crippen LogP contribution in [0, 0.1) is 6.92 Å². The van der Waals surface area contributed by atoms with Gasteiger partial charge in [-0.3, -0.25) is 4.79 Å². The van der Waals surface area contributed by atoms with E-state index in [-0.39, 0.29) is 12.5 Å². The average molecular weight is 467 g/mol. The highest BCUT2D eigenvalue weighted by molar-refractivity contribution is 9.10. The van der Waals surface area contributed by atoms with Gasteiger partial charge in [0.05, 0.1) is 16.3 Å². The van der Waals surface area contributed by atoms with Gasteiger partial charge < -0.3 is 9.47 Å².